The van der Waals surface area contributed by atoms with E-state index in [0.717, 1.165) is 22.5 Å². The van der Waals surface area contributed by atoms with E-state index in [1.807, 2.05) is 31.2 Å². The summed E-state index contributed by atoms with van der Waals surface area (Å²) in [5.41, 5.74) is 2.49. The highest BCUT2D eigenvalue weighted by molar-refractivity contribution is 7.95. The highest BCUT2D eigenvalue weighted by Gasteiger charge is 2.66. The van der Waals surface area contributed by atoms with Gasteiger partial charge >= 0.3 is 0 Å². The molecule has 7 heteroatoms. The number of benzene rings is 2. The molecular weight excluding hydrogens is 406 g/mol. The number of carbonyl (C=O) groups excluding carboxylic acids is 1. The van der Waals surface area contributed by atoms with Crippen molar-refractivity contribution in [1.82, 2.24) is 0 Å². The second kappa shape index (κ2) is 7.00. The number of β-lactam (4-membered cyclic amide) rings is 1. The standard InChI is InChI=1S/C22H21NO4S2/c1-15-6-8-16(9-7-15)20-22(2,29(25,26)19-5-4-14-28-19)21(24)23(20)17-10-12-18(27-3)13-11-17/h4-14,20H,1-3H3/t20-,22+/m0/s1. The number of anilines is 1. The molecule has 0 N–H and O–H groups in total. The van der Waals surface area contributed by atoms with Gasteiger partial charge in [-0.3, -0.25) is 4.79 Å². The van der Waals surface area contributed by atoms with E-state index in [-0.39, 0.29) is 4.21 Å². The highest BCUT2D eigenvalue weighted by Crippen LogP contribution is 2.52. The summed E-state index contributed by atoms with van der Waals surface area (Å²) in [7, 11) is -2.29. The maximum absolute atomic E-state index is 13.5. The molecule has 2 atom stereocenters. The lowest BCUT2D eigenvalue weighted by molar-refractivity contribution is -0.127. The van der Waals surface area contributed by atoms with Crippen LogP contribution in [0.2, 0.25) is 0 Å². The maximum Gasteiger partial charge on any atom is 0.251 e. The van der Waals surface area contributed by atoms with E-state index in [4.69, 9.17) is 4.74 Å². The maximum atomic E-state index is 13.5. The van der Waals surface area contributed by atoms with Crippen LogP contribution in [0.1, 0.15) is 24.1 Å². The Morgan fingerprint density at radius 1 is 1.03 bits per heavy atom. The average molecular weight is 428 g/mol. The normalized spacial score (nSPS) is 21.7. The Kier molecular flexibility index (Phi) is 4.75. The average Bonchev–Trinajstić information content (AvgIpc) is 3.28. The Bertz CT molecular complexity index is 1140. The first-order valence-corrected chi connectivity index (χ1v) is 11.5. The lowest BCUT2D eigenvalue weighted by atomic mass is 9.82. The molecule has 1 fully saturated rings. The van der Waals surface area contributed by atoms with Crippen molar-refractivity contribution < 1.29 is 17.9 Å². The SMILES string of the molecule is COc1ccc(N2C(=O)[C@](C)(S(=O)(=O)c3cccs3)[C@@H]2c2ccc(C)cc2)cc1. The van der Waals surface area contributed by atoms with E-state index in [9.17, 15) is 13.2 Å². The zero-order chi connectivity index (χ0) is 20.8. The molecule has 0 radical (unpaired) electrons. The first kappa shape index (κ1) is 19.7. The van der Waals surface area contributed by atoms with Gasteiger partial charge in [0.25, 0.3) is 5.91 Å². The molecule has 0 unspecified atom stereocenters. The first-order chi connectivity index (χ1) is 13.8. The van der Waals surface area contributed by atoms with Crippen molar-refractivity contribution in [2.75, 3.05) is 12.0 Å². The van der Waals surface area contributed by atoms with Crippen molar-refractivity contribution in [2.24, 2.45) is 0 Å². The van der Waals surface area contributed by atoms with Crippen molar-refractivity contribution in [3.8, 4) is 5.75 Å². The number of amides is 1. The molecule has 4 rings (SSSR count). The Morgan fingerprint density at radius 2 is 1.69 bits per heavy atom. The van der Waals surface area contributed by atoms with Gasteiger partial charge in [-0.25, -0.2) is 8.42 Å². The molecule has 1 aromatic heterocycles. The molecule has 1 aliphatic rings. The summed E-state index contributed by atoms with van der Waals surface area (Å²) in [6.07, 6.45) is 0. The van der Waals surface area contributed by atoms with E-state index in [1.165, 1.54) is 6.92 Å². The fourth-order valence-electron chi connectivity index (χ4n) is 3.77. The lowest BCUT2D eigenvalue weighted by Gasteiger charge is -2.53. The summed E-state index contributed by atoms with van der Waals surface area (Å²) in [4.78, 5) is 14.9. The van der Waals surface area contributed by atoms with E-state index < -0.39 is 26.5 Å². The van der Waals surface area contributed by atoms with Gasteiger partial charge in [0.15, 0.2) is 4.75 Å². The molecule has 0 bridgehead atoms. The summed E-state index contributed by atoms with van der Waals surface area (Å²) < 4.78 is 30.8. The smallest absolute Gasteiger partial charge is 0.251 e. The Hall–Kier alpha value is -2.64. The number of rotatable bonds is 5. The molecule has 0 saturated carbocycles. The van der Waals surface area contributed by atoms with Crippen molar-refractivity contribution in [3.63, 3.8) is 0 Å². The van der Waals surface area contributed by atoms with Crippen LogP contribution in [-0.2, 0) is 14.6 Å². The van der Waals surface area contributed by atoms with Crippen LogP contribution in [-0.4, -0.2) is 26.2 Å². The third-order valence-electron chi connectivity index (χ3n) is 5.49. The Balaban J connectivity index is 1.85. The number of nitrogens with zero attached hydrogens (tertiary/aromatic N) is 1. The molecule has 5 nitrogen and oxygen atoms in total. The van der Waals surface area contributed by atoms with Crippen molar-refractivity contribution in [1.29, 1.82) is 0 Å². The fraction of sp³-hybridized carbons (Fsp3) is 0.227. The fourth-order valence-corrected chi connectivity index (χ4v) is 6.95. The van der Waals surface area contributed by atoms with Crippen molar-refractivity contribution >= 4 is 32.8 Å². The van der Waals surface area contributed by atoms with Crippen LogP contribution >= 0.6 is 11.3 Å². The summed E-state index contributed by atoms with van der Waals surface area (Å²) in [5, 5.41) is 1.71. The predicted molar refractivity (Wildman–Crippen MR) is 114 cm³/mol. The number of hydrogen-bond acceptors (Lipinski definition) is 5. The number of methoxy groups -OCH3 is 1. The topological polar surface area (TPSA) is 63.7 Å². The van der Waals surface area contributed by atoms with Crippen LogP contribution < -0.4 is 9.64 Å². The molecule has 29 heavy (non-hydrogen) atoms. The summed E-state index contributed by atoms with van der Waals surface area (Å²) in [6, 6.07) is 17.3. The van der Waals surface area contributed by atoms with Gasteiger partial charge in [-0.05, 0) is 55.1 Å². The number of ether oxygens (including phenoxy) is 1. The summed E-state index contributed by atoms with van der Waals surface area (Å²) in [5.74, 6) is 0.240. The first-order valence-electron chi connectivity index (χ1n) is 9.13. The molecule has 1 saturated heterocycles. The van der Waals surface area contributed by atoms with Gasteiger partial charge in [0.1, 0.15) is 9.96 Å². The van der Waals surface area contributed by atoms with Crippen molar-refractivity contribution in [3.05, 3.63) is 77.2 Å². The monoisotopic (exact) mass is 427 g/mol. The van der Waals surface area contributed by atoms with Gasteiger partial charge in [-0.2, -0.15) is 0 Å². The van der Waals surface area contributed by atoms with Gasteiger partial charge in [0.2, 0.25) is 9.84 Å². The van der Waals surface area contributed by atoms with Crippen LogP contribution in [0, 0.1) is 6.92 Å². The number of hydrogen-bond donors (Lipinski definition) is 0. The van der Waals surface area contributed by atoms with E-state index in [1.54, 1.807) is 53.8 Å². The van der Waals surface area contributed by atoms with Gasteiger partial charge in [0, 0.05) is 5.69 Å². The lowest BCUT2D eigenvalue weighted by Crippen LogP contribution is -2.70. The summed E-state index contributed by atoms with van der Waals surface area (Å²) in [6.45, 7) is 3.51. The Morgan fingerprint density at radius 3 is 2.24 bits per heavy atom. The Labute approximate surface area is 174 Å². The van der Waals surface area contributed by atoms with Gasteiger partial charge in [-0.1, -0.05) is 35.9 Å². The molecule has 2 aromatic carbocycles. The van der Waals surface area contributed by atoms with Gasteiger partial charge < -0.3 is 9.64 Å². The number of carbonyl (C=O) groups is 1. The largest absolute Gasteiger partial charge is 0.497 e. The van der Waals surface area contributed by atoms with Gasteiger partial charge in [-0.15, -0.1) is 11.3 Å². The van der Waals surface area contributed by atoms with Crippen LogP contribution in [0.25, 0.3) is 0 Å². The minimum absolute atomic E-state index is 0.208. The molecular formula is C22H21NO4S2. The number of aryl methyl sites for hydroxylation is 1. The predicted octanol–water partition coefficient (Wildman–Crippen LogP) is 4.39. The van der Waals surface area contributed by atoms with E-state index >= 15 is 0 Å². The molecule has 1 amide bonds. The van der Waals surface area contributed by atoms with E-state index in [0.29, 0.717) is 11.4 Å². The quantitative estimate of drug-likeness (QED) is 0.567. The highest BCUT2D eigenvalue weighted by atomic mass is 32.2. The summed E-state index contributed by atoms with van der Waals surface area (Å²) >= 11 is 1.13. The zero-order valence-corrected chi connectivity index (χ0v) is 18.0. The third kappa shape index (κ3) is 2.88. The van der Waals surface area contributed by atoms with Crippen LogP contribution in [0.3, 0.4) is 0 Å². The molecule has 1 aliphatic heterocycles. The van der Waals surface area contributed by atoms with E-state index in [2.05, 4.69) is 0 Å². The molecule has 3 aromatic rings. The van der Waals surface area contributed by atoms with Gasteiger partial charge in [0.05, 0.1) is 13.2 Å². The number of thiophene rings is 1. The molecule has 0 spiro atoms. The second-order valence-electron chi connectivity index (χ2n) is 7.23. The molecule has 0 aliphatic carbocycles. The minimum Gasteiger partial charge on any atom is -0.497 e. The van der Waals surface area contributed by atoms with Crippen LogP contribution in [0.5, 0.6) is 5.75 Å². The zero-order valence-electron chi connectivity index (χ0n) is 16.3. The van der Waals surface area contributed by atoms with Crippen LogP contribution in [0.15, 0.2) is 70.3 Å². The second-order valence-corrected chi connectivity index (χ2v) is 10.7. The van der Waals surface area contributed by atoms with Crippen LogP contribution in [0.4, 0.5) is 5.69 Å². The van der Waals surface area contributed by atoms with Crippen molar-refractivity contribution in [2.45, 2.75) is 28.8 Å². The minimum atomic E-state index is -3.87. The number of sulfone groups is 1. The molecule has 150 valence electrons. The molecule has 2 heterocycles. The third-order valence-corrected chi connectivity index (χ3v) is 9.27.